The highest BCUT2D eigenvalue weighted by Crippen LogP contribution is 2.23. The van der Waals surface area contributed by atoms with Gasteiger partial charge < -0.3 is 4.74 Å². The van der Waals surface area contributed by atoms with Crippen LogP contribution in [0.5, 0.6) is 5.75 Å². The third-order valence-electron chi connectivity index (χ3n) is 2.13. The summed E-state index contributed by atoms with van der Waals surface area (Å²) >= 11 is 0. The predicted molar refractivity (Wildman–Crippen MR) is 57.2 cm³/mol. The molecule has 0 aliphatic heterocycles. The van der Waals surface area contributed by atoms with Gasteiger partial charge in [-0.2, -0.15) is 0 Å². The summed E-state index contributed by atoms with van der Waals surface area (Å²) in [6.45, 7) is -0.232. The number of benzene rings is 1. The average Bonchev–Trinajstić information content (AvgIpc) is 2.35. The number of rotatable bonds is 3. The van der Waals surface area contributed by atoms with Gasteiger partial charge in [-0.15, -0.1) is 0 Å². The topological polar surface area (TPSA) is 71.5 Å². The number of hydrogen-bond acceptors (Lipinski definition) is 4. The molecule has 82 valence electrons. The van der Waals surface area contributed by atoms with Crippen molar-refractivity contribution in [3.63, 3.8) is 0 Å². The van der Waals surface area contributed by atoms with Crippen molar-refractivity contribution in [2.24, 2.45) is 0 Å². The van der Waals surface area contributed by atoms with E-state index >= 15 is 0 Å². The highest BCUT2D eigenvalue weighted by atomic mass is 16.5. The van der Waals surface area contributed by atoms with Crippen molar-refractivity contribution >= 4 is 16.7 Å². The summed E-state index contributed by atoms with van der Waals surface area (Å²) in [5.74, 6) is -0.0323. The van der Waals surface area contributed by atoms with Crippen LogP contribution in [0.15, 0.2) is 36.7 Å². The van der Waals surface area contributed by atoms with Crippen molar-refractivity contribution in [1.29, 1.82) is 0 Å². The molecule has 1 aromatic carbocycles. The van der Waals surface area contributed by atoms with Crippen molar-refractivity contribution in [3.05, 3.63) is 36.7 Å². The Morgan fingerprint density at radius 3 is 3.12 bits per heavy atom. The molecule has 1 aromatic heterocycles. The van der Waals surface area contributed by atoms with E-state index in [2.05, 4.69) is 4.98 Å². The van der Waals surface area contributed by atoms with Crippen LogP contribution in [0.2, 0.25) is 0 Å². The first-order chi connectivity index (χ1) is 7.81. The number of nitrogens with one attached hydrogen (secondary N) is 1. The minimum absolute atomic E-state index is 0.232. The molecule has 1 heterocycles. The summed E-state index contributed by atoms with van der Waals surface area (Å²) in [4.78, 5) is 14.8. The first kappa shape index (κ1) is 10.4. The monoisotopic (exact) mass is 218 g/mol. The average molecular weight is 218 g/mol. The summed E-state index contributed by atoms with van der Waals surface area (Å²) in [6, 6.07) is 7.35. The summed E-state index contributed by atoms with van der Waals surface area (Å²) < 4.78 is 5.26. The van der Waals surface area contributed by atoms with Gasteiger partial charge in [0, 0.05) is 17.8 Å². The van der Waals surface area contributed by atoms with Crippen LogP contribution in [0.25, 0.3) is 10.8 Å². The molecule has 0 bridgehead atoms. The quantitative estimate of drug-likeness (QED) is 0.598. The Labute approximate surface area is 91.6 Å². The number of fused-ring (bicyclic) bond motifs is 1. The standard InChI is InChI=1S/C11H10N2O3/c14-11(13-15)7-16-10-3-1-2-8-4-5-12-6-9(8)10/h1-6,15H,7H2,(H,13,14). The van der Waals surface area contributed by atoms with Crippen LogP contribution in [-0.2, 0) is 4.79 Å². The van der Waals surface area contributed by atoms with Crippen molar-refractivity contribution in [1.82, 2.24) is 10.5 Å². The second-order valence-corrected chi connectivity index (χ2v) is 3.18. The normalized spacial score (nSPS) is 10.1. The minimum Gasteiger partial charge on any atom is -0.483 e. The lowest BCUT2D eigenvalue weighted by Crippen LogP contribution is -2.25. The van der Waals surface area contributed by atoms with Gasteiger partial charge in [0.05, 0.1) is 0 Å². The molecule has 0 saturated heterocycles. The van der Waals surface area contributed by atoms with Gasteiger partial charge in [-0.3, -0.25) is 15.0 Å². The van der Waals surface area contributed by atoms with Crippen LogP contribution in [0, 0.1) is 0 Å². The van der Waals surface area contributed by atoms with Crippen molar-refractivity contribution in [3.8, 4) is 5.75 Å². The molecule has 5 heteroatoms. The zero-order chi connectivity index (χ0) is 11.4. The van der Waals surface area contributed by atoms with E-state index in [1.165, 1.54) is 5.48 Å². The van der Waals surface area contributed by atoms with Crippen LogP contribution in [-0.4, -0.2) is 22.7 Å². The minimum atomic E-state index is -0.596. The molecule has 2 aromatic rings. The molecule has 0 aliphatic carbocycles. The highest BCUT2D eigenvalue weighted by molar-refractivity contribution is 5.87. The van der Waals surface area contributed by atoms with Crippen LogP contribution in [0.3, 0.4) is 0 Å². The third kappa shape index (κ3) is 2.09. The number of aromatic nitrogens is 1. The Kier molecular flexibility index (Phi) is 2.98. The maximum absolute atomic E-state index is 10.8. The van der Waals surface area contributed by atoms with Gasteiger partial charge in [0.25, 0.3) is 5.91 Å². The van der Waals surface area contributed by atoms with E-state index < -0.39 is 5.91 Å². The van der Waals surface area contributed by atoms with Crippen LogP contribution in [0.1, 0.15) is 0 Å². The predicted octanol–water partition coefficient (Wildman–Crippen LogP) is 1.12. The molecule has 5 nitrogen and oxygen atoms in total. The van der Waals surface area contributed by atoms with Gasteiger partial charge >= 0.3 is 0 Å². The molecular formula is C11H10N2O3. The zero-order valence-electron chi connectivity index (χ0n) is 8.38. The highest BCUT2D eigenvalue weighted by Gasteiger charge is 2.04. The lowest BCUT2D eigenvalue weighted by molar-refractivity contribution is -0.131. The molecule has 2 N–H and O–H groups in total. The summed E-state index contributed by atoms with van der Waals surface area (Å²) in [7, 11) is 0. The number of nitrogens with zero attached hydrogens (tertiary/aromatic N) is 1. The Bertz CT molecular complexity index is 508. The smallest absolute Gasteiger partial charge is 0.281 e. The first-order valence-electron chi connectivity index (χ1n) is 4.70. The van der Waals surface area contributed by atoms with E-state index in [0.29, 0.717) is 5.75 Å². The first-order valence-corrected chi connectivity index (χ1v) is 4.70. The summed E-state index contributed by atoms with van der Waals surface area (Å²) in [6.07, 6.45) is 3.36. The zero-order valence-corrected chi connectivity index (χ0v) is 8.38. The third-order valence-corrected chi connectivity index (χ3v) is 2.13. The molecule has 0 atom stereocenters. The lowest BCUT2D eigenvalue weighted by atomic mass is 10.1. The Hall–Kier alpha value is -2.14. The molecule has 0 unspecified atom stereocenters. The van der Waals surface area contributed by atoms with Crippen molar-refractivity contribution < 1.29 is 14.7 Å². The van der Waals surface area contributed by atoms with Gasteiger partial charge in [0.1, 0.15) is 5.75 Å². The number of amides is 1. The van der Waals surface area contributed by atoms with Crippen LogP contribution >= 0.6 is 0 Å². The molecule has 0 spiro atoms. The fraction of sp³-hybridized carbons (Fsp3) is 0.0909. The summed E-state index contributed by atoms with van der Waals surface area (Å²) in [5.41, 5.74) is 1.50. The fourth-order valence-electron chi connectivity index (χ4n) is 1.39. The van der Waals surface area contributed by atoms with E-state index in [0.717, 1.165) is 10.8 Å². The van der Waals surface area contributed by atoms with Crippen molar-refractivity contribution in [2.45, 2.75) is 0 Å². The Morgan fingerprint density at radius 2 is 2.31 bits per heavy atom. The van der Waals surface area contributed by atoms with Gasteiger partial charge in [-0.1, -0.05) is 12.1 Å². The molecular weight excluding hydrogens is 208 g/mol. The lowest BCUT2D eigenvalue weighted by Gasteiger charge is -2.07. The van der Waals surface area contributed by atoms with Crippen LogP contribution < -0.4 is 10.2 Å². The number of carbonyl (C=O) groups excluding carboxylic acids is 1. The number of pyridine rings is 1. The SMILES string of the molecule is O=C(COc1cccc2ccncc12)NO. The maximum Gasteiger partial charge on any atom is 0.281 e. The molecule has 2 rings (SSSR count). The molecule has 0 radical (unpaired) electrons. The van der Waals surface area contributed by atoms with Gasteiger partial charge in [-0.05, 0) is 17.5 Å². The number of ether oxygens (including phenoxy) is 1. The van der Waals surface area contributed by atoms with Crippen molar-refractivity contribution in [2.75, 3.05) is 6.61 Å². The molecule has 0 aliphatic rings. The largest absolute Gasteiger partial charge is 0.483 e. The Balaban J connectivity index is 2.27. The van der Waals surface area contributed by atoms with E-state index in [9.17, 15) is 4.79 Å². The van der Waals surface area contributed by atoms with Gasteiger partial charge in [-0.25, -0.2) is 5.48 Å². The van der Waals surface area contributed by atoms with E-state index in [4.69, 9.17) is 9.94 Å². The second-order valence-electron chi connectivity index (χ2n) is 3.18. The van der Waals surface area contributed by atoms with Gasteiger partial charge in [0.2, 0.25) is 0 Å². The summed E-state index contributed by atoms with van der Waals surface area (Å²) in [5, 5.41) is 10.1. The number of carbonyl (C=O) groups is 1. The van der Waals surface area contributed by atoms with E-state index in [1.54, 1.807) is 18.5 Å². The number of hydroxylamine groups is 1. The fourth-order valence-corrected chi connectivity index (χ4v) is 1.39. The molecule has 16 heavy (non-hydrogen) atoms. The van der Waals surface area contributed by atoms with Gasteiger partial charge in [0.15, 0.2) is 6.61 Å². The van der Waals surface area contributed by atoms with E-state index in [-0.39, 0.29) is 6.61 Å². The Morgan fingerprint density at radius 1 is 1.44 bits per heavy atom. The molecule has 0 saturated carbocycles. The van der Waals surface area contributed by atoms with Crippen LogP contribution in [0.4, 0.5) is 0 Å². The maximum atomic E-state index is 10.8. The second kappa shape index (κ2) is 4.59. The van der Waals surface area contributed by atoms with E-state index in [1.807, 2.05) is 18.2 Å². The molecule has 1 amide bonds. The number of hydrogen-bond donors (Lipinski definition) is 2. The molecule has 0 fully saturated rings.